The molecule has 9 aromatic carbocycles. The highest BCUT2D eigenvalue weighted by Gasteiger charge is 2.46. The minimum Gasteiger partial charge on any atom is -0.456 e. The summed E-state index contributed by atoms with van der Waals surface area (Å²) >= 11 is 0. The van der Waals surface area contributed by atoms with Crippen molar-refractivity contribution < 1.29 is 4.42 Å². The number of aromatic nitrogens is 4. The summed E-state index contributed by atoms with van der Waals surface area (Å²) in [6, 6.07) is 77.5. The third-order valence-electron chi connectivity index (χ3n) is 12.9. The average Bonchev–Trinajstić information content (AvgIpc) is 4.00. The monoisotopic (exact) mass is 804 g/mol. The van der Waals surface area contributed by atoms with Crippen LogP contribution in [0.1, 0.15) is 22.3 Å². The molecule has 0 saturated heterocycles. The molecule has 0 bridgehead atoms. The van der Waals surface area contributed by atoms with Crippen LogP contribution < -0.4 is 0 Å². The first-order valence-corrected chi connectivity index (χ1v) is 21.4. The van der Waals surface area contributed by atoms with E-state index in [4.69, 9.17) is 19.4 Å². The second-order valence-corrected chi connectivity index (χ2v) is 16.3. The van der Waals surface area contributed by atoms with Crippen LogP contribution in [0.25, 0.3) is 94.7 Å². The highest BCUT2D eigenvalue weighted by molar-refractivity contribution is 6.28. The van der Waals surface area contributed by atoms with Crippen LogP contribution in [0.15, 0.2) is 223 Å². The van der Waals surface area contributed by atoms with Crippen molar-refractivity contribution in [1.29, 1.82) is 0 Å². The maximum absolute atomic E-state index is 6.56. The maximum atomic E-state index is 6.56. The number of benzene rings is 9. The number of hydrogen-bond donors (Lipinski definition) is 0. The molecule has 3 heterocycles. The van der Waals surface area contributed by atoms with Crippen LogP contribution in [0.3, 0.4) is 0 Å². The molecule has 0 saturated carbocycles. The zero-order chi connectivity index (χ0) is 41.5. The first-order chi connectivity index (χ1) is 31.2. The summed E-state index contributed by atoms with van der Waals surface area (Å²) in [6.07, 6.45) is 0. The van der Waals surface area contributed by atoms with Crippen molar-refractivity contribution in [3.63, 3.8) is 0 Å². The molecule has 12 aromatic rings. The highest BCUT2D eigenvalue weighted by atomic mass is 16.3. The molecule has 0 N–H and O–H groups in total. The molecular weight excluding hydrogens is 769 g/mol. The van der Waals surface area contributed by atoms with Crippen molar-refractivity contribution in [2.24, 2.45) is 0 Å². The van der Waals surface area contributed by atoms with Crippen molar-refractivity contribution in [3.05, 3.63) is 241 Å². The molecule has 0 fully saturated rings. The Morgan fingerprint density at radius 1 is 0.365 bits per heavy atom. The number of hydrogen-bond acceptors (Lipinski definition) is 4. The Labute approximate surface area is 363 Å². The largest absolute Gasteiger partial charge is 0.456 e. The summed E-state index contributed by atoms with van der Waals surface area (Å²) in [6.45, 7) is 0. The Balaban J connectivity index is 1.13. The van der Waals surface area contributed by atoms with Gasteiger partial charge in [0.15, 0.2) is 17.5 Å². The van der Waals surface area contributed by atoms with Crippen LogP contribution >= 0.6 is 0 Å². The second-order valence-electron chi connectivity index (χ2n) is 16.3. The van der Waals surface area contributed by atoms with Crippen molar-refractivity contribution >= 4 is 43.7 Å². The molecule has 3 aromatic heterocycles. The highest BCUT2D eigenvalue weighted by Crippen LogP contribution is 2.58. The topological polar surface area (TPSA) is 56.7 Å². The molecule has 5 nitrogen and oxygen atoms in total. The third-order valence-corrected chi connectivity index (χ3v) is 12.9. The van der Waals surface area contributed by atoms with E-state index >= 15 is 0 Å². The summed E-state index contributed by atoms with van der Waals surface area (Å²) in [7, 11) is 0. The Morgan fingerprint density at radius 2 is 0.937 bits per heavy atom. The van der Waals surface area contributed by atoms with Gasteiger partial charge in [0, 0.05) is 43.9 Å². The van der Waals surface area contributed by atoms with E-state index in [-0.39, 0.29) is 0 Å². The van der Waals surface area contributed by atoms with E-state index in [1.807, 2.05) is 66.7 Å². The van der Waals surface area contributed by atoms with E-state index in [0.29, 0.717) is 17.5 Å². The van der Waals surface area contributed by atoms with E-state index in [2.05, 4.69) is 156 Å². The normalized spacial score (nSPS) is 12.9. The van der Waals surface area contributed by atoms with Crippen LogP contribution in [-0.2, 0) is 5.41 Å². The van der Waals surface area contributed by atoms with Crippen LogP contribution in [-0.4, -0.2) is 19.5 Å². The van der Waals surface area contributed by atoms with Gasteiger partial charge in [-0.2, -0.15) is 0 Å². The summed E-state index contributed by atoms with van der Waals surface area (Å²) < 4.78 is 8.99. The molecular formula is C58H36N4O. The minimum atomic E-state index is -0.560. The lowest BCUT2D eigenvalue weighted by atomic mass is 9.67. The molecule has 0 spiro atoms. The number of rotatable bonds is 6. The van der Waals surface area contributed by atoms with Crippen molar-refractivity contribution in [3.8, 4) is 51.0 Å². The standard InChI is InChI=1S/C58H36N4O/c1-5-18-37(19-6-1)55-59-56(38-20-7-2-8-21-38)61-57(60-55)39-22-17-27-42(34-39)62-49-32-33-52-54(44-29-14-16-31-51(44)63-52)53(49)46-35-45-43-28-13-15-30-47(43)58(48(45)36-50(46)62,40-23-9-3-10-24-40)41-25-11-4-12-26-41/h1-36H. The molecule has 0 amide bonds. The van der Waals surface area contributed by atoms with Gasteiger partial charge >= 0.3 is 0 Å². The summed E-state index contributed by atoms with van der Waals surface area (Å²) in [4.78, 5) is 15.2. The van der Waals surface area contributed by atoms with Gasteiger partial charge < -0.3 is 8.98 Å². The van der Waals surface area contributed by atoms with E-state index in [0.717, 1.165) is 66.1 Å². The number of nitrogens with zero attached hydrogens (tertiary/aromatic N) is 4. The fourth-order valence-corrected chi connectivity index (χ4v) is 10.3. The lowest BCUT2D eigenvalue weighted by Crippen LogP contribution is -2.28. The molecule has 0 aliphatic heterocycles. The van der Waals surface area contributed by atoms with Gasteiger partial charge in [-0.15, -0.1) is 0 Å². The molecule has 1 aliphatic carbocycles. The number of furan rings is 1. The van der Waals surface area contributed by atoms with E-state index < -0.39 is 5.41 Å². The van der Waals surface area contributed by atoms with E-state index in [1.54, 1.807) is 0 Å². The average molecular weight is 805 g/mol. The maximum Gasteiger partial charge on any atom is 0.164 e. The van der Waals surface area contributed by atoms with E-state index in [1.165, 1.54) is 33.4 Å². The Bertz CT molecular complexity index is 3630. The van der Waals surface area contributed by atoms with Crippen LogP contribution in [0, 0.1) is 0 Å². The predicted molar refractivity (Wildman–Crippen MR) is 255 cm³/mol. The first-order valence-electron chi connectivity index (χ1n) is 21.4. The molecule has 13 rings (SSSR count). The van der Waals surface area contributed by atoms with Crippen molar-refractivity contribution in [2.45, 2.75) is 5.41 Å². The van der Waals surface area contributed by atoms with Gasteiger partial charge in [0.1, 0.15) is 11.2 Å². The fourth-order valence-electron chi connectivity index (χ4n) is 10.3. The summed E-state index contributed by atoms with van der Waals surface area (Å²) in [5.41, 5.74) is 14.6. The number of fused-ring (bicyclic) bond motifs is 10. The molecule has 0 radical (unpaired) electrons. The first kappa shape index (κ1) is 35.4. The molecule has 0 atom stereocenters. The SMILES string of the molecule is c1ccc(-c2nc(-c3ccccc3)nc(-c3cccc(-n4c5cc6c(cc5c5c7c(ccc54)oc4ccccc47)-c4ccccc4C6(c4ccccc4)c4ccccc4)c3)n2)cc1. The predicted octanol–water partition coefficient (Wildman–Crippen LogP) is 14.2. The van der Waals surface area contributed by atoms with Gasteiger partial charge in [-0.3, -0.25) is 0 Å². The van der Waals surface area contributed by atoms with Crippen LogP contribution in [0.4, 0.5) is 0 Å². The van der Waals surface area contributed by atoms with Gasteiger partial charge in [-0.05, 0) is 75.8 Å². The Hall–Kier alpha value is -8.41. The van der Waals surface area contributed by atoms with E-state index in [9.17, 15) is 0 Å². The lowest BCUT2D eigenvalue weighted by Gasteiger charge is -2.34. The quantitative estimate of drug-likeness (QED) is 0.168. The molecule has 0 unspecified atom stereocenters. The van der Waals surface area contributed by atoms with Crippen molar-refractivity contribution in [2.75, 3.05) is 0 Å². The van der Waals surface area contributed by atoms with Crippen LogP contribution in [0.5, 0.6) is 0 Å². The zero-order valence-corrected chi connectivity index (χ0v) is 34.0. The second kappa shape index (κ2) is 13.8. The summed E-state index contributed by atoms with van der Waals surface area (Å²) in [5, 5.41) is 4.54. The minimum absolute atomic E-state index is 0.560. The lowest BCUT2D eigenvalue weighted by molar-refractivity contribution is 0.669. The number of para-hydroxylation sites is 1. The molecule has 294 valence electrons. The van der Waals surface area contributed by atoms with Gasteiger partial charge in [0.25, 0.3) is 0 Å². The molecule has 63 heavy (non-hydrogen) atoms. The zero-order valence-electron chi connectivity index (χ0n) is 34.0. The summed E-state index contributed by atoms with van der Waals surface area (Å²) in [5.74, 6) is 1.87. The van der Waals surface area contributed by atoms with Gasteiger partial charge in [-0.1, -0.05) is 176 Å². The smallest absolute Gasteiger partial charge is 0.164 e. The van der Waals surface area contributed by atoms with Gasteiger partial charge in [0.05, 0.1) is 16.4 Å². The van der Waals surface area contributed by atoms with Gasteiger partial charge in [0.2, 0.25) is 0 Å². The van der Waals surface area contributed by atoms with Crippen molar-refractivity contribution in [1.82, 2.24) is 19.5 Å². The van der Waals surface area contributed by atoms with Gasteiger partial charge in [-0.25, -0.2) is 15.0 Å². The fraction of sp³-hybridized carbons (Fsp3) is 0.0172. The Kier molecular flexibility index (Phi) is 7.75. The molecule has 5 heteroatoms. The molecule has 1 aliphatic rings. The third kappa shape index (κ3) is 5.27. The Morgan fingerprint density at radius 3 is 1.62 bits per heavy atom. The van der Waals surface area contributed by atoms with Crippen LogP contribution in [0.2, 0.25) is 0 Å².